The van der Waals surface area contributed by atoms with E-state index in [1.165, 1.54) is 35.2 Å². The molecule has 1 aromatic heterocycles. The number of aromatic nitrogens is 2. The summed E-state index contributed by atoms with van der Waals surface area (Å²) in [6.07, 6.45) is 1.16. The number of carbonyl (C=O) groups excluding carboxylic acids is 1. The zero-order valence-corrected chi connectivity index (χ0v) is 10.6. The van der Waals surface area contributed by atoms with Gasteiger partial charge in [-0.1, -0.05) is 18.2 Å². The van der Waals surface area contributed by atoms with Crippen molar-refractivity contribution in [2.24, 2.45) is 7.05 Å². The van der Waals surface area contributed by atoms with Gasteiger partial charge >= 0.3 is 6.18 Å². The highest BCUT2D eigenvalue weighted by Crippen LogP contribution is 2.32. The molecule has 0 saturated carbocycles. The number of rotatable bonds is 3. The van der Waals surface area contributed by atoms with Crippen molar-refractivity contribution in [3.05, 3.63) is 59.4 Å². The number of carbonyl (C=O) groups is 1. The largest absolute Gasteiger partial charge is 0.417 e. The summed E-state index contributed by atoms with van der Waals surface area (Å²) < 4.78 is 39.9. The molecule has 0 bridgehead atoms. The number of aryl methyl sites for hydroxylation is 1. The predicted molar refractivity (Wildman–Crippen MR) is 68.0 cm³/mol. The molecule has 2 rings (SSSR count). The number of allylic oxidation sites excluding steroid dienone is 1. The smallest absolute Gasteiger partial charge is 0.289 e. The molecular weight excluding hydrogens is 269 g/mol. The van der Waals surface area contributed by atoms with Crippen LogP contribution in [0.4, 0.5) is 13.2 Å². The van der Waals surface area contributed by atoms with Crippen LogP contribution in [0.2, 0.25) is 0 Å². The van der Waals surface area contributed by atoms with Gasteiger partial charge in [0, 0.05) is 24.4 Å². The van der Waals surface area contributed by atoms with E-state index >= 15 is 0 Å². The molecule has 0 aliphatic rings. The van der Waals surface area contributed by atoms with Gasteiger partial charge in [0.05, 0.1) is 11.8 Å². The van der Waals surface area contributed by atoms with Crippen LogP contribution in [-0.4, -0.2) is 15.6 Å². The maximum Gasteiger partial charge on any atom is 0.417 e. The Morgan fingerprint density at radius 2 is 2.00 bits per heavy atom. The summed E-state index contributed by atoms with van der Waals surface area (Å²) in [7, 11) is 1.71. The Kier molecular flexibility index (Phi) is 3.74. The van der Waals surface area contributed by atoms with Crippen LogP contribution in [0.3, 0.4) is 0 Å². The van der Waals surface area contributed by atoms with E-state index in [1.807, 2.05) is 0 Å². The summed E-state index contributed by atoms with van der Waals surface area (Å²) in [6.45, 7) is 0. The van der Waals surface area contributed by atoms with Crippen molar-refractivity contribution < 1.29 is 18.0 Å². The summed E-state index contributed by atoms with van der Waals surface area (Å²) in [5, 5.41) is 3.90. The summed E-state index contributed by atoms with van der Waals surface area (Å²) >= 11 is 0. The number of hydrogen-bond donors (Lipinski definition) is 0. The van der Waals surface area contributed by atoms with E-state index in [0.29, 0.717) is 5.56 Å². The van der Waals surface area contributed by atoms with Crippen LogP contribution in [0.1, 0.15) is 21.5 Å². The highest BCUT2D eigenvalue weighted by Gasteiger charge is 2.34. The van der Waals surface area contributed by atoms with E-state index in [-0.39, 0.29) is 5.56 Å². The number of halogens is 3. The molecule has 0 radical (unpaired) electrons. The first-order valence-electron chi connectivity index (χ1n) is 5.75. The molecule has 20 heavy (non-hydrogen) atoms. The first-order valence-corrected chi connectivity index (χ1v) is 5.75. The number of ketones is 1. The molecule has 2 aromatic rings. The molecule has 3 nitrogen and oxygen atoms in total. The molecule has 0 saturated heterocycles. The molecule has 0 spiro atoms. The van der Waals surface area contributed by atoms with Crippen LogP contribution < -0.4 is 0 Å². The van der Waals surface area contributed by atoms with Crippen LogP contribution in [-0.2, 0) is 13.2 Å². The van der Waals surface area contributed by atoms with Crippen LogP contribution in [0.15, 0.2) is 42.7 Å². The van der Waals surface area contributed by atoms with Gasteiger partial charge in [-0.25, -0.2) is 0 Å². The van der Waals surface area contributed by atoms with Crippen molar-refractivity contribution in [3.63, 3.8) is 0 Å². The Morgan fingerprint density at radius 3 is 2.60 bits per heavy atom. The highest BCUT2D eigenvalue weighted by molar-refractivity contribution is 6.07. The lowest BCUT2D eigenvalue weighted by Crippen LogP contribution is -2.11. The zero-order valence-electron chi connectivity index (χ0n) is 10.6. The lowest BCUT2D eigenvalue weighted by atomic mass is 10.0. The lowest BCUT2D eigenvalue weighted by molar-refractivity contribution is -0.137. The first kappa shape index (κ1) is 14.0. The molecule has 1 heterocycles. The van der Waals surface area contributed by atoms with Gasteiger partial charge in [0.2, 0.25) is 0 Å². The minimum Gasteiger partial charge on any atom is -0.289 e. The van der Waals surface area contributed by atoms with Crippen molar-refractivity contribution in [2.75, 3.05) is 0 Å². The molecule has 0 aliphatic heterocycles. The van der Waals surface area contributed by atoms with Gasteiger partial charge in [0.15, 0.2) is 5.78 Å². The van der Waals surface area contributed by atoms with Crippen molar-refractivity contribution in [2.45, 2.75) is 6.18 Å². The van der Waals surface area contributed by atoms with E-state index in [1.54, 1.807) is 13.2 Å². The monoisotopic (exact) mass is 280 g/mol. The Balaban J connectivity index is 2.28. The number of hydrogen-bond acceptors (Lipinski definition) is 2. The number of alkyl halides is 3. The SMILES string of the molecule is Cn1cc(C=CC(=O)c2ccccc2C(F)(F)F)cn1. The quantitative estimate of drug-likeness (QED) is 0.638. The normalized spacial score (nSPS) is 12.0. The highest BCUT2D eigenvalue weighted by atomic mass is 19.4. The van der Waals surface area contributed by atoms with Gasteiger partial charge < -0.3 is 0 Å². The standard InChI is InChI=1S/C14H11F3N2O/c1-19-9-10(8-18-19)6-7-13(20)11-4-2-3-5-12(11)14(15,16)17/h2-9H,1H3. The molecule has 0 atom stereocenters. The van der Waals surface area contributed by atoms with Gasteiger partial charge in [-0.15, -0.1) is 0 Å². The van der Waals surface area contributed by atoms with E-state index in [9.17, 15) is 18.0 Å². The van der Waals surface area contributed by atoms with Crippen molar-refractivity contribution >= 4 is 11.9 Å². The summed E-state index contributed by atoms with van der Waals surface area (Å²) in [5.74, 6) is -0.693. The van der Waals surface area contributed by atoms with E-state index in [2.05, 4.69) is 5.10 Å². The average Bonchev–Trinajstić information content (AvgIpc) is 2.81. The maximum atomic E-state index is 12.8. The second-order valence-corrected chi connectivity index (χ2v) is 4.19. The fourth-order valence-corrected chi connectivity index (χ4v) is 1.73. The molecule has 1 aromatic carbocycles. The van der Waals surface area contributed by atoms with Gasteiger partial charge in [0.25, 0.3) is 0 Å². The van der Waals surface area contributed by atoms with Crippen molar-refractivity contribution in [1.29, 1.82) is 0 Å². The molecule has 0 N–H and O–H groups in total. The zero-order chi connectivity index (χ0) is 14.8. The maximum absolute atomic E-state index is 12.8. The lowest BCUT2D eigenvalue weighted by Gasteiger charge is -2.10. The number of nitrogens with zero attached hydrogens (tertiary/aromatic N) is 2. The van der Waals surface area contributed by atoms with E-state index in [4.69, 9.17) is 0 Å². The van der Waals surface area contributed by atoms with Crippen LogP contribution >= 0.6 is 0 Å². The average molecular weight is 280 g/mol. The predicted octanol–water partition coefficient (Wildman–Crippen LogP) is 3.34. The fraction of sp³-hybridized carbons (Fsp3) is 0.143. The number of benzene rings is 1. The molecule has 0 fully saturated rings. The Morgan fingerprint density at radius 1 is 1.30 bits per heavy atom. The third-order valence-electron chi connectivity index (χ3n) is 2.65. The van der Waals surface area contributed by atoms with Crippen molar-refractivity contribution in [1.82, 2.24) is 9.78 Å². The van der Waals surface area contributed by atoms with Gasteiger partial charge in [-0.3, -0.25) is 9.48 Å². The molecule has 104 valence electrons. The Bertz CT molecular complexity index is 656. The summed E-state index contributed by atoms with van der Waals surface area (Å²) in [5.41, 5.74) is -0.647. The minimum atomic E-state index is -4.55. The minimum absolute atomic E-state index is 0.361. The first-order chi connectivity index (χ1) is 9.38. The van der Waals surface area contributed by atoms with E-state index < -0.39 is 17.5 Å². The van der Waals surface area contributed by atoms with Gasteiger partial charge in [-0.05, 0) is 18.2 Å². The van der Waals surface area contributed by atoms with Gasteiger partial charge in [0.1, 0.15) is 0 Å². The third-order valence-corrected chi connectivity index (χ3v) is 2.65. The molecule has 0 aliphatic carbocycles. The second kappa shape index (κ2) is 5.32. The third kappa shape index (κ3) is 3.14. The Hall–Kier alpha value is -2.37. The van der Waals surface area contributed by atoms with Crippen molar-refractivity contribution in [3.8, 4) is 0 Å². The van der Waals surface area contributed by atoms with Crippen LogP contribution in [0.25, 0.3) is 6.08 Å². The second-order valence-electron chi connectivity index (χ2n) is 4.19. The molecule has 6 heteroatoms. The fourth-order valence-electron chi connectivity index (χ4n) is 1.73. The van der Waals surface area contributed by atoms with Crippen LogP contribution in [0.5, 0.6) is 0 Å². The Labute approximate surface area is 113 Å². The van der Waals surface area contributed by atoms with Crippen LogP contribution in [0, 0.1) is 0 Å². The van der Waals surface area contributed by atoms with Gasteiger partial charge in [-0.2, -0.15) is 18.3 Å². The van der Waals surface area contributed by atoms with E-state index in [0.717, 1.165) is 12.1 Å². The molecule has 0 unspecified atom stereocenters. The molecule has 0 amide bonds. The molecular formula is C14H11F3N2O. The summed E-state index contributed by atoms with van der Waals surface area (Å²) in [6, 6.07) is 4.72. The summed E-state index contributed by atoms with van der Waals surface area (Å²) in [4.78, 5) is 11.9. The topological polar surface area (TPSA) is 34.9 Å².